The SMILES string of the molecule is CC(C)(C)CN(OS(=O)(=O)C(F)(F)F)C(=O)c1cccc(C(=O)OCc2ccccc2)c1. The third-order valence-corrected chi connectivity index (χ3v) is 4.82. The highest BCUT2D eigenvalue weighted by Gasteiger charge is 2.50. The van der Waals surface area contributed by atoms with Crippen molar-refractivity contribution in [1.29, 1.82) is 0 Å². The van der Waals surface area contributed by atoms with Gasteiger partial charge in [-0.1, -0.05) is 57.2 Å². The highest BCUT2D eigenvalue weighted by atomic mass is 32.2. The van der Waals surface area contributed by atoms with E-state index in [0.717, 1.165) is 11.6 Å². The summed E-state index contributed by atoms with van der Waals surface area (Å²) in [5.41, 5.74) is -6.08. The van der Waals surface area contributed by atoms with Gasteiger partial charge in [0.2, 0.25) is 0 Å². The average molecular weight is 473 g/mol. The Labute approximate surface area is 183 Å². The van der Waals surface area contributed by atoms with E-state index in [1.54, 1.807) is 51.1 Å². The van der Waals surface area contributed by atoms with Gasteiger partial charge in [0.05, 0.1) is 12.1 Å². The number of nitrogens with zero attached hydrogens (tertiary/aromatic N) is 1. The quantitative estimate of drug-likeness (QED) is 0.338. The van der Waals surface area contributed by atoms with Gasteiger partial charge in [-0.15, -0.1) is 4.28 Å². The fourth-order valence-corrected chi connectivity index (χ4v) is 2.89. The molecule has 0 aliphatic heterocycles. The van der Waals surface area contributed by atoms with E-state index in [-0.39, 0.29) is 22.8 Å². The summed E-state index contributed by atoms with van der Waals surface area (Å²) in [6, 6.07) is 13.8. The molecule has 174 valence electrons. The van der Waals surface area contributed by atoms with Gasteiger partial charge in [-0.2, -0.15) is 26.7 Å². The second-order valence-electron chi connectivity index (χ2n) is 8.02. The maximum absolute atomic E-state index is 12.8. The summed E-state index contributed by atoms with van der Waals surface area (Å²) in [7, 11) is -6.07. The van der Waals surface area contributed by atoms with Crippen LogP contribution in [0, 0.1) is 5.41 Å². The van der Waals surface area contributed by atoms with Gasteiger partial charge in [-0.3, -0.25) is 4.79 Å². The standard InChI is InChI=1S/C21H22F3NO6S/c1-20(2,3)14-25(31-32(28,29)21(22,23)24)18(26)16-10-7-11-17(12-16)19(27)30-13-15-8-5-4-6-9-15/h4-12H,13-14H2,1-3H3. The lowest BCUT2D eigenvalue weighted by Gasteiger charge is -2.28. The predicted octanol–water partition coefficient (Wildman–Crippen LogP) is 4.31. The summed E-state index contributed by atoms with van der Waals surface area (Å²) in [5, 5.41) is 0.122. The van der Waals surface area contributed by atoms with Crippen LogP contribution in [0.25, 0.3) is 0 Å². The van der Waals surface area contributed by atoms with E-state index >= 15 is 0 Å². The summed E-state index contributed by atoms with van der Waals surface area (Å²) in [4.78, 5) is 25.1. The van der Waals surface area contributed by atoms with Gasteiger partial charge >= 0.3 is 21.6 Å². The Hall–Kier alpha value is -2.92. The lowest BCUT2D eigenvalue weighted by molar-refractivity contribution is -0.0925. The minimum Gasteiger partial charge on any atom is -0.457 e. The topological polar surface area (TPSA) is 90.0 Å². The van der Waals surface area contributed by atoms with Crippen molar-refractivity contribution in [3.63, 3.8) is 0 Å². The molecule has 1 amide bonds. The number of hydrogen-bond acceptors (Lipinski definition) is 6. The molecule has 0 aliphatic rings. The minimum atomic E-state index is -6.07. The molecule has 0 saturated heterocycles. The molecule has 0 saturated carbocycles. The Bertz CT molecular complexity index is 1060. The van der Waals surface area contributed by atoms with Gasteiger partial charge in [0.25, 0.3) is 5.91 Å². The molecule has 0 aliphatic carbocycles. The van der Waals surface area contributed by atoms with Gasteiger partial charge in [0, 0.05) is 5.56 Å². The number of carbonyl (C=O) groups excluding carboxylic acids is 2. The number of hydroxylamine groups is 2. The summed E-state index contributed by atoms with van der Waals surface area (Å²) in [5.74, 6) is -1.93. The number of carbonyl (C=O) groups is 2. The number of esters is 1. The molecular formula is C21H22F3NO6S. The minimum absolute atomic E-state index is 0.0269. The molecule has 2 rings (SSSR count). The van der Waals surface area contributed by atoms with Gasteiger partial charge < -0.3 is 4.74 Å². The number of benzene rings is 2. The van der Waals surface area contributed by atoms with Crippen molar-refractivity contribution in [2.24, 2.45) is 5.41 Å². The number of rotatable bonds is 7. The third-order valence-electron chi connectivity index (χ3n) is 3.87. The average Bonchev–Trinajstić information content (AvgIpc) is 2.69. The maximum atomic E-state index is 12.8. The zero-order chi connectivity index (χ0) is 24.2. The Morgan fingerprint density at radius 2 is 1.53 bits per heavy atom. The van der Waals surface area contributed by atoms with Crippen molar-refractivity contribution in [1.82, 2.24) is 5.06 Å². The molecule has 2 aromatic rings. The maximum Gasteiger partial charge on any atom is 0.525 e. The molecule has 0 unspecified atom stereocenters. The Morgan fingerprint density at radius 1 is 0.938 bits per heavy atom. The molecule has 0 N–H and O–H groups in total. The Balaban J connectivity index is 2.25. The normalized spacial score (nSPS) is 12.3. The van der Waals surface area contributed by atoms with E-state index in [2.05, 4.69) is 4.28 Å². The first-order valence-corrected chi connectivity index (χ1v) is 10.7. The van der Waals surface area contributed by atoms with E-state index in [4.69, 9.17) is 4.74 Å². The molecular weight excluding hydrogens is 451 g/mol. The summed E-state index contributed by atoms with van der Waals surface area (Å²) in [6.45, 7) is 4.24. The fourth-order valence-electron chi connectivity index (χ4n) is 2.45. The van der Waals surface area contributed by atoms with Crippen LogP contribution in [-0.4, -0.2) is 37.4 Å². The number of hydrogen-bond donors (Lipinski definition) is 0. The molecule has 11 heteroatoms. The predicted molar refractivity (Wildman–Crippen MR) is 109 cm³/mol. The van der Waals surface area contributed by atoms with Crippen LogP contribution in [0.4, 0.5) is 13.2 Å². The molecule has 7 nitrogen and oxygen atoms in total. The van der Waals surface area contributed by atoms with E-state index in [1.165, 1.54) is 18.2 Å². The van der Waals surface area contributed by atoms with E-state index in [1.807, 2.05) is 0 Å². The zero-order valence-electron chi connectivity index (χ0n) is 17.5. The molecule has 0 bridgehead atoms. The first-order chi connectivity index (χ1) is 14.7. The van der Waals surface area contributed by atoms with Gasteiger partial charge in [0.15, 0.2) is 0 Å². The third kappa shape index (κ3) is 7.06. The number of halogens is 3. The largest absolute Gasteiger partial charge is 0.525 e. The molecule has 32 heavy (non-hydrogen) atoms. The second-order valence-corrected chi connectivity index (χ2v) is 9.54. The molecule has 0 atom stereocenters. The lowest BCUT2D eigenvalue weighted by Crippen LogP contribution is -2.42. The Kier molecular flexibility index (Phi) is 7.68. The highest BCUT2D eigenvalue weighted by Crippen LogP contribution is 2.28. The Morgan fingerprint density at radius 3 is 2.09 bits per heavy atom. The molecule has 0 spiro atoms. The van der Waals surface area contributed by atoms with Crippen LogP contribution < -0.4 is 0 Å². The molecule has 0 radical (unpaired) electrons. The van der Waals surface area contributed by atoms with Crippen LogP contribution in [-0.2, 0) is 25.7 Å². The van der Waals surface area contributed by atoms with Crippen LogP contribution in [0.1, 0.15) is 47.1 Å². The van der Waals surface area contributed by atoms with Gasteiger partial charge in [-0.05, 0) is 29.2 Å². The van der Waals surface area contributed by atoms with Crippen LogP contribution in [0.5, 0.6) is 0 Å². The molecule has 2 aromatic carbocycles. The first kappa shape index (κ1) is 25.3. The van der Waals surface area contributed by atoms with Crippen molar-refractivity contribution in [3.8, 4) is 0 Å². The lowest BCUT2D eigenvalue weighted by atomic mass is 9.96. The van der Waals surface area contributed by atoms with Crippen molar-refractivity contribution in [3.05, 3.63) is 71.3 Å². The fraction of sp³-hybridized carbons (Fsp3) is 0.333. The smallest absolute Gasteiger partial charge is 0.457 e. The zero-order valence-corrected chi connectivity index (χ0v) is 18.4. The number of alkyl halides is 3. The first-order valence-electron chi connectivity index (χ1n) is 9.33. The molecule has 0 aromatic heterocycles. The van der Waals surface area contributed by atoms with Crippen LogP contribution in [0.15, 0.2) is 54.6 Å². The van der Waals surface area contributed by atoms with E-state index in [9.17, 15) is 31.2 Å². The molecule has 0 fully saturated rings. The van der Waals surface area contributed by atoms with E-state index in [0.29, 0.717) is 0 Å². The summed E-state index contributed by atoms with van der Waals surface area (Å²) in [6.07, 6.45) is 0. The van der Waals surface area contributed by atoms with Crippen LogP contribution in [0.3, 0.4) is 0 Å². The summed E-state index contributed by atoms with van der Waals surface area (Å²) < 4.78 is 70.5. The summed E-state index contributed by atoms with van der Waals surface area (Å²) >= 11 is 0. The highest BCUT2D eigenvalue weighted by molar-refractivity contribution is 7.87. The van der Waals surface area contributed by atoms with Crippen molar-refractivity contribution in [2.45, 2.75) is 32.9 Å². The number of amides is 1. The van der Waals surface area contributed by atoms with Gasteiger partial charge in [0.1, 0.15) is 6.61 Å². The molecule has 0 heterocycles. The monoisotopic (exact) mass is 473 g/mol. The number of ether oxygens (including phenoxy) is 1. The van der Waals surface area contributed by atoms with Crippen molar-refractivity contribution >= 4 is 22.0 Å². The van der Waals surface area contributed by atoms with E-state index < -0.39 is 39.5 Å². The van der Waals surface area contributed by atoms with Crippen LogP contribution in [0.2, 0.25) is 0 Å². The van der Waals surface area contributed by atoms with Crippen molar-refractivity contribution in [2.75, 3.05) is 6.54 Å². The van der Waals surface area contributed by atoms with Gasteiger partial charge in [-0.25, -0.2) is 4.79 Å². The second kappa shape index (κ2) is 9.70. The van der Waals surface area contributed by atoms with Crippen LogP contribution >= 0.6 is 0 Å². The van der Waals surface area contributed by atoms with Crippen molar-refractivity contribution < 1.29 is 40.2 Å².